The lowest BCUT2D eigenvalue weighted by Crippen LogP contribution is -2.39. The number of nitrogens with zero attached hydrogens (tertiary/aromatic N) is 4. The van der Waals surface area contributed by atoms with Crippen LogP contribution in [0.1, 0.15) is 18.3 Å². The number of imide groups is 1. The first kappa shape index (κ1) is 22.2. The highest BCUT2D eigenvalue weighted by atomic mass is 35.5. The molecular formula is C22H22ClN5O3S. The van der Waals surface area contributed by atoms with Crippen molar-refractivity contribution < 1.29 is 14.3 Å². The number of hydrogen-bond acceptors (Lipinski definition) is 6. The van der Waals surface area contributed by atoms with E-state index in [1.54, 1.807) is 31.2 Å². The molecule has 4 rings (SSSR count). The minimum absolute atomic E-state index is 0.207. The Morgan fingerprint density at radius 3 is 2.62 bits per heavy atom. The van der Waals surface area contributed by atoms with Gasteiger partial charge in [0.05, 0.1) is 11.8 Å². The fraction of sp³-hybridized carbons (Fsp3) is 0.273. The normalized spacial score (nSPS) is 14.3. The largest absolute Gasteiger partial charge is 0.486 e. The van der Waals surface area contributed by atoms with Gasteiger partial charge in [-0.25, -0.2) is 4.79 Å². The molecule has 1 fully saturated rings. The van der Waals surface area contributed by atoms with E-state index in [0.29, 0.717) is 41.4 Å². The Morgan fingerprint density at radius 2 is 1.94 bits per heavy atom. The lowest BCUT2D eigenvalue weighted by molar-refractivity contribution is -0.126. The number of aromatic nitrogens is 3. The van der Waals surface area contributed by atoms with Crippen LogP contribution >= 0.6 is 23.4 Å². The SMILES string of the molecule is C[C@H](Sc1nnc(COc2ccc(Cl)cc2)n1Cc1ccccc1)C(=O)N1CCNC1=O. The first-order chi connectivity index (χ1) is 15.5. The van der Waals surface area contributed by atoms with Crippen molar-refractivity contribution in [3.63, 3.8) is 0 Å². The summed E-state index contributed by atoms with van der Waals surface area (Å²) >= 11 is 7.21. The molecule has 1 atom stereocenters. The molecule has 0 aliphatic carbocycles. The average Bonchev–Trinajstić information content (AvgIpc) is 3.39. The number of amides is 3. The topological polar surface area (TPSA) is 89.3 Å². The van der Waals surface area contributed by atoms with Crippen molar-refractivity contribution in [1.29, 1.82) is 0 Å². The number of hydrogen-bond donors (Lipinski definition) is 1. The van der Waals surface area contributed by atoms with Crippen LogP contribution in [0.2, 0.25) is 5.02 Å². The molecule has 8 nitrogen and oxygen atoms in total. The molecule has 166 valence electrons. The van der Waals surface area contributed by atoms with Crippen LogP contribution in [0.4, 0.5) is 4.79 Å². The van der Waals surface area contributed by atoms with E-state index in [2.05, 4.69) is 15.5 Å². The van der Waals surface area contributed by atoms with Crippen molar-refractivity contribution in [2.45, 2.75) is 30.5 Å². The quantitative estimate of drug-likeness (QED) is 0.505. The van der Waals surface area contributed by atoms with E-state index >= 15 is 0 Å². The molecule has 1 saturated heterocycles. The lowest BCUT2D eigenvalue weighted by atomic mass is 10.2. The highest BCUT2D eigenvalue weighted by Gasteiger charge is 2.31. The van der Waals surface area contributed by atoms with E-state index in [-0.39, 0.29) is 18.5 Å². The smallest absolute Gasteiger partial charge is 0.324 e. The Bertz CT molecular complexity index is 1090. The summed E-state index contributed by atoms with van der Waals surface area (Å²) in [6.07, 6.45) is 0. The van der Waals surface area contributed by atoms with Gasteiger partial charge in [0.25, 0.3) is 0 Å². The van der Waals surface area contributed by atoms with Gasteiger partial charge in [-0.1, -0.05) is 53.7 Å². The number of thioether (sulfide) groups is 1. The zero-order valence-electron chi connectivity index (χ0n) is 17.4. The maximum Gasteiger partial charge on any atom is 0.324 e. The van der Waals surface area contributed by atoms with Crippen LogP contribution in [0.15, 0.2) is 59.8 Å². The molecule has 2 heterocycles. The first-order valence-corrected chi connectivity index (χ1v) is 11.4. The third-order valence-corrected chi connectivity index (χ3v) is 6.23. The predicted octanol–water partition coefficient (Wildman–Crippen LogP) is 3.59. The molecule has 3 amide bonds. The van der Waals surface area contributed by atoms with Gasteiger partial charge < -0.3 is 10.1 Å². The standard InChI is InChI=1S/C22H22ClN5O3S/c1-15(20(29)27-12-11-24-21(27)30)32-22-26-25-19(14-31-18-9-7-17(23)8-10-18)28(22)13-16-5-3-2-4-6-16/h2-10,15H,11-14H2,1H3,(H,24,30)/t15-/m0/s1. The number of carbonyl (C=O) groups is 2. The molecule has 2 aromatic carbocycles. The number of rotatable bonds is 8. The summed E-state index contributed by atoms with van der Waals surface area (Å²) in [6.45, 7) is 3.35. The fourth-order valence-electron chi connectivity index (χ4n) is 3.23. The molecule has 0 radical (unpaired) electrons. The summed E-state index contributed by atoms with van der Waals surface area (Å²) in [4.78, 5) is 25.8. The zero-order chi connectivity index (χ0) is 22.5. The summed E-state index contributed by atoms with van der Waals surface area (Å²) in [5.74, 6) is 1.05. The molecule has 3 aromatic rings. The number of ether oxygens (including phenoxy) is 1. The third kappa shape index (κ3) is 5.23. The van der Waals surface area contributed by atoms with Crippen LogP contribution in [0, 0.1) is 0 Å². The van der Waals surface area contributed by atoms with Crippen molar-refractivity contribution >= 4 is 35.3 Å². The highest BCUT2D eigenvalue weighted by Crippen LogP contribution is 2.26. The van der Waals surface area contributed by atoms with Crippen LogP contribution in [-0.4, -0.2) is 49.9 Å². The van der Waals surface area contributed by atoms with Crippen LogP contribution in [0.25, 0.3) is 0 Å². The van der Waals surface area contributed by atoms with Gasteiger partial charge in [-0.05, 0) is 36.8 Å². The summed E-state index contributed by atoms with van der Waals surface area (Å²) in [5.41, 5.74) is 1.07. The second kappa shape index (κ2) is 10.1. The van der Waals surface area contributed by atoms with Gasteiger partial charge in [0, 0.05) is 18.1 Å². The minimum Gasteiger partial charge on any atom is -0.486 e. The minimum atomic E-state index is -0.498. The third-order valence-electron chi connectivity index (χ3n) is 4.91. The molecule has 0 saturated carbocycles. The van der Waals surface area contributed by atoms with Crippen molar-refractivity contribution in [3.05, 3.63) is 71.0 Å². The number of benzene rings is 2. The lowest BCUT2D eigenvalue weighted by Gasteiger charge is -2.18. The van der Waals surface area contributed by atoms with E-state index in [4.69, 9.17) is 16.3 Å². The molecule has 1 aliphatic heterocycles. The van der Waals surface area contributed by atoms with Gasteiger partial charge in [-0.15, -0.1) is 10.2 Å². The molecule has 0 bridgehead atoms. The Hall–Kier alpha value is -3.04. The van der Waals surface area contributed by atoms with E-state index in [1.165, 1.54) is 16.7 Å². The van der Waals surface area contributed by atoms with E-state index < -0.39 is 5.25 Å². The van der Waals surface area contributed by atoms with Crippen LogP contribution in [0.5, 0.6) is 5.75 Å². The highest BCUT2D eigenvalue weighted by molar-refractivity contribution is 8.00. The van der Waals surface area contributed by atoms with Gasteiger partial charge >= 0.3 is 6.03 Å². The van der Waals surface area contributed by atoms with Gasteiger partial charge in [0.2, 0.25) is 5.91 Å². The zero-order valence-corrected chi connectivity index (χ0v) is 19.0. The Kier molecular flexibility index (Phi) is 6.96. The van der Waals surface area contributed by atoms with Gasteiger partial charge in [-0.3, -0.25) is 14.3 Å². The van der Waals surface area contributed by atoms with Gasteiger partial charge in [0.1, 0.15) is 12.4 Å². The fourth-order valence-corrected chi connectivity index (χ4v) is 4.28. The van der Waals surface area contributed by atoms with Crippen molar-refractivity contribution in [1.82, 2.24) is 25.0 Å². The maximum atomic E-state index is 12.7. The Morgan fingerprint density at radius 1 is 1.19 bits per heavy atom. The average molecular weight is 472 g/mol. The maximum absolute atomic E-state index is 12.7. The van der Waals surface area contributed by atoms with E-state index in [1.807, 2.05) is 34.9 Å². The first-order valence-electron chi connectivity index (χ1n) is 10.1. The van der Waals surface area contributed by atoms with Crippen molar-refractivity contribution in [2.75, 3.05) is 13.1 Å². The molecular weight excluding hydrogens is 450 g/mol. The molecule has 0 spiro atoms. The predicted molar refractivity (Wildman–Crippen MR) is 122 cm³/mol. The number of urea groups is 1. The second-order valence-corrected chi connectivity index (χ2v) is 8.94. The summed E-state index contributed by atoms with van der Waals surface area (Å²) < 4.78 is 7.80. The molecule has 10 heteroatoms. The molecule has 1 aromatic heterocycles. The number of nitrogens with one attached hydrogen (secondary N) is 1. The van der Waals surface area contributed by atoms with Crippen LogP contribution in [0.3, 0.4) is 0 Å². The van der Waals surface area contributed by atoms with E-state index in [0.717, 1.165) is 5.56 Å². The van der Waals surface area contributed by atoms with Gasteiger partial charge in [0.15, 0.2) is 11.0 Å². The molecule has 1 N–H and O–H groups in total. The summed E-state index contributed by atoms with van der Waals surface area (Å²) in [6, 6.07) is 16.7. The van der Waals surface area contributed by atoms with Crippen molar-refractivity contribution in [2.24, 2.45) is 0 Å². The molecule has 1 aliphatic rings. The van der Waals surface area contributed by atoms with Crippen LogP contribution < -0.4 is 10.1 Å². The van der Waals surface area contributed by atoms with Crippen LogP contribution in [-0.2, 0) is 17.9 Å². The molecule has 0 unspecified atom stereocenters. The van der Waals surface area contributed by atoms with Crippen molar-refractivity contribution in [3.8, 4) is 5.75 Å². The van der Waals surface area contributed by atoms with Gasteiger partial charge in [-0.2, -0.15) is 0 Å². The number of carbonyl (C=O) groups excluding carboxylic acids is 2. The number of halogens is 1. The second-order valence-electron chi connectivity index (χ2n) is 7.20. The van der Waals surface area contributed by atoms with E-state index in [9.17, 15) is 9.59 Å². The Balaban J connectivity index is 1.53. The summed E-state index contributed by atoms with van der Waals surface area (Å²) in [7, 11) is 0. The Labute approximate surface area is 194 Å². The monoisotopic (exact) mass is 471 g/mol. The molecule has 32 heavy (non-hydrogen) atoms. The summed E-state index contributed by atoms with van der Waals surface area (Å²) in [5, 5.41) is 12.0.